The van der Waals surface area contributed by atoms with Crippen molar-refractivity contribution < 1.29 is 14.3 Å². The highest BCUT2D eigenvalue weighted by molar-refractivity contribution is 9.10. The number of primary amides is 1. The van der Waals surface area contributed by atoms with Crippen LogP contribution in [0.5, 0.6) is 5.75 Å². The van der Waals surface area contributed by atoms with E-state index in [9.17, 15) is 9.59 Å². The summed E-state index contributed by atoms with van der Waals surface area (Å²) in [5, 5.41) is 6.14. The summed E-state index contributed by atoms with van der Waals surface area (Å²) in [4.78, 5) is 25.4. The van der Waals surface area contributed by atoms with Crippen LogP contribution in [-0.4, -0.2) is 23.5 Å². The van der Waals surface area contributed by atoms with Gasteiger partial charge >= 0.3 is 0 Å². The van der Waals surface area contributed by atoms with Crippen LogP contribution in [0.1, 0.15) is 45.0 Å². The van der Waals surface area contributed by atoms with Crippen LogP contribution in [0.2, 0.25) is 0 Å². The van der Waals surface area contributed by atoms with Gasteiger partial charge in [-0.1, -0.05) is 22.9 Å². The number of hydrogen-bond acceptors (Lipinski definition) is 5. The molecule has 0 bridgehead atoms. The average molecular weight is 470 g/mol. The molecular weight excluding hydrogens is 450 g/mol. The number of hydrogen-bond donors (Lipinski definition) is 3. The number of nitrogens with two attached hydrogens (primary N) is 1. The minimum atomic E-state index is -0.529. The Morgan fingerprint density at radius 1 is 1.33 bits per heavy atom. The summed E-state index contributed by atoms with van der Waals surface area (Å²) in [6.45, 7) is 6.14. The molecule has 9 heteroatoms. The molecule has 0 unspecified atom stereocenters. The van der Waals surface area contributed by atoms with Crippen molar-refractivity contribution in [3.05, 3.63) is 44.2 Å². The lowest BCUT2D eigenvalue weighted by Gasteiger charge is -2.13. The highest BCUT2D eigenvalue weighted by Gasteiger charge is 2.21. The van der Waals surface area contributed by atoms with Crippen molar-refractivity contribution in [1.29, 1.82) is 0 Å². The molecule has 0 fully saturated rings. The van der Waals surface area contributed by atoms with Crippen LogP contribution < -0.4 is 21.1 Å². The molecule has 6 nitrogen and oxygen atoms in total. The Kier molecular flexibility index (Phi) is 7.34. The third-order valence-corrected chi connectivity index (χ3v) is 5.51. The van der Waals surface area contributed by atoms with Gasteiger partial charge in [0, 0.05) is 9.35 Å². The lowest BCUT2D eigenvalue weighted by Crippen LogP contribution is -2.34. The van der Waals surface area contributed by atoms with E-state index in [1.165, 1.54) is 11.3 Å². The predicted molar refractivity (Wildman–Crippen MR) is 116 cm³/mol. The number of halogens is 1. The maximum atomic E-state index is 12.6. The normalized spacial score (nSPS) is 10.4. The van der Waals surface area contributed by atoms with E-state index in [-0.39, 0.29) is 5.11 Å². The van der Waals surface area contributed by atoms with E-state index < -0.39 is 11.8 Å². The van der Waals surface area contributed by atoms with Gasteiger partial charge in [-0.2, -0.15) is 0 Å². The first-order chi connectivity index (χ1) is 12.8. The smallest absolute Gasteiger partial charge is 0.261 e. The average Bonchev–Trinajstić information content (AvgIpc) is 2.91. The van der Waals surface area contributed by atoms with Gasteiger partial charge in [0.05, 0.1) is 17.7 Å². The van der Waals surface area contributed by atoms with Gasteiger partial charge in [0.2, 0.25) is 0 Å². The van der Waals surface area contributed by atoms with Crippen LogP contribution in [-0.2, 0) is 6.42 Å². The largest absolute Gasteiger partial charge is 0.493 e. The van der Waals surface area contributed by atoms with Gasteiger partial charge in [-0.3, -0.25) is 14.9 Å². The Morgan fingerprint density at radius 2 is 2.04 bits per heavy atom. The second kappa shape index (κ2) is 9.29. The van der Waals surface area contributed by atoms with E-state index in [2.05, 4.69) is 26.6 Å². The van der Waals surface area contributed by atoms with Gasteiger partial charge in [0.15, 0.2) is 5.11 Å². The van der Waals surface area contributed by atoms with Gasteiger partial charge in [-0.15, -0.1) is 11.3 Å². The molecule has 144 valence electrons. The van der Waals surface area contributed by atoms with Crippen LogP contribution in [0.15, 0.2) is 22.7 Å². The Bertz CT molecular complexity index is 896. The number of thiophene rings is 1. The maximum Gasteiger partial charge on any atom is 0.261 e. The number of carbonyl (C=O) groups excluding carboxylic acids is 2. The summed E-state index contributed by atoms with van der Waals surface area (Å²) in [5.41, 5.74) is 7.16. The Morgan fingerprint density at radius 3 is 2.63 bits per heavy atom. The summed E-state index contributed by atoms with van der Waals surface area (Å²) in [6.07, 6.45) is 0.678. The molecule has 0 radical (unpaired) electrons. The first kappa shape index (κ1) is 21.3. The zero-order valence-electron chi connectivity index (χ0n) is 15.1. The van der Waals surface area contributed by atoms with Crippen molar-refractivity contribution in [1.82, 2.24) is 5.32 Å². The molecule has 0 saturated carbocycles. The number of carbonyl (C=O) groups is 2. The van der Waals surface area contributed by atoms with Crippen molar-refractivity contribution in [3.8, 4) is 5.75 Å². The monoisotopic (exact) mass is 469 g/mol. The van der Waals surface area contributed by atoms with E-state index in [0.29, 0.717) is 34.9 Å². The van der Waals surface area contributed by atoms with E-state index in [1.54, 1.807) is 18.2 Å². The first-order valence-corrected chi connectivity index (χ1v) is 10.3. The Balaban J connectivity index is 2.21. The SMILES string of the molecule is CCOc1ccc(Br)cc1C(=O)NC(=S)Nc1sc(C)c(CC)c1C(N)=O. The van der Waals surface area contributed by atoms with Gasteiger partial charge in [0.1, 0.15) is 10.8 Å². The molecule has 4 N–H and O–H groups in total. The molecule has 2 amide bonds. The lowest BCUT2D eigenvalue weighted by molar-refractivity contribution is 0.0972. The zero-order chi connectivity index (χ0) is 20.1. The minimum Gasteiger partial charge on any atom is -0.493 e. The standard InChI is InChI=1S/C18H20BrN3O3S2/c1-4-11-9(3)27-17(14(11)15(20)23)22-18(26)21-16(24)12-8-10(19)6-7-13(12)25-5-2/h6-8H,4-5H2,1-3H3,(H2,20,23)(H2,21,22,24,26). The highest BCUT2D eigenvalue weighted by Crippen LogP contribution is 2.33. The van der Waals surface area contributed by atoms with Crippen molar-refractivity contribution in [2.45, 2.75) is 27.2 Å². The summed E-state index contributed by atoms with van der Waals surface area (Å²) < 4.78 is 6.24. The molecule has 0 aliphatic carbocycles. The van der Waals surface area contributed by atoms with Crippen LogP contribution in [0, 0.1) is 6.92 Å². The quantitative estimate of drug-likeness (QED) is 0.555. The molecule has 2 rings (SSSR count). The predicted octanol–water partition coefficient (Wildman–Crippen LogP) is 4.01. The molecule has 0 aliphatic heterocycles. The second-order valence-electron chi connectivity index (χ2n) is 5.54. The summed E-state index contributed by atoms with van der Waals surface area (Å²) in [5.74, 6) is -0.487. The summed E-state index contributed by atoms with van der Waals surface area (Å²) in [6, 6.07) is 5.15. The number of rotatable bonds is 6. The third-order valence-electron chi connectivity index (χ3n) is 3.75. The number of ether oxygens (including phenoxy) is 1. The molecule has 0 atom stereocenters. The molecular formula is C18H20BrN3O3S2. The Labute approximate surface area is 175 Å². The topological polar surface area (TPSA) is 93.4 Å². The number of thiocarbonyl (C=S) groups is 1. The number of anilines is 1. The number of nitrogens with one attached hydrogen (secondary N) is 2. The number of amides is 2. The fourth-order valence-electron chi connectivity index (χ4n) is 2.62. The van der Waals surface area contributed by atoms with Crippen molar-refractivity contribution >= 4 is 61.4 Å². The fourth-order valence-corrected chi connectivity index (χ4v) is 4.39. The van der Waals surface area contributed by atoms with Gasteiger partial charge in [-0.05, 0) is 56.2 Å². The molecule has 0 aliphatic rings. The number of aryl methyl sites for hydroxylation is 1. The molecule has 0 spiro atoms. The van der Waals surface area contributed by atoms with Crippen LogP contribution in [0.25, 0.3) is 0 Å². The van der Waals surface area contributed by atoms with E-state index in [0.717, 1.165) is 14.9 Å². The van der Waals surface area contributed by atoms with Gasteiger partial charge in [0.25, 0.3) is 11.8 Å². The molecule has 0 saturated heterocycles. The fraction of sp³-hybridized carbons (Fsp3) is 0.278. The van der Waals surface area contributed by atoms with Crippen molar-refractivity contribution in [2.75, 3.05) is 11.9 Å². The number of benzene rings is 1. The lowest BCUT2D eigenvalue weighted by atomic mass is 10.1. The van der Waals surface area contributed by atoms with E-state index in [1.807, 2.05) is 20.8 Å². The van der Waals surface area contributed by atoms with Crippen LogP contribution >= 0.6 is 39.5 Å². The van der Waals surface area contributed by atoms with Gasteiger partial charge < -0.3 is 15.8 Å². The van der Waals surface area contributed by atoms with Crippen molar-refractivity contribution in [3.63, 3.8) is 0 Å². The third kappa shape index (κ3) is 5.06. The highest BCUT2D eigenvalue weighted by atomic mass is 79.9. The molecule has 2 aromatic rings. The molecule has 27 heavy (non-hydrogen) atoms. The van der Waals surface area contributed by atoms with E-state index in [4.69, 9.17) is 22.7 Å². The second-order valence-corrected chi connectivity index (χ2v) is 8.09. The first-order valence-electron chi connectivity index (χ1n) is 8.25. The van der Waals surface area contributed by atoms with Crippen LogP contribution in [0.4, 0.5) is 5.00 Å². The molecule has 1 aromatic carbocycles. The summed E-state index contributed by atoms with van der Waals surface area (Å²) >= 11 is 9.97. The van der Waals surface area contributed by atoms with Crippen LogP contribution in [0.3, 0.4) is 0 Å². The minimum absolute atomic E-state index is 0.0776. The van der Waals surface area contributed by atoms with Gasteiger partial charge in [-0.25, -0.2) is 0 Å². The molecule has 1 aromatic heterocycles. The summed E-state index contributed by atoms with van der Waals surface area (Å²) in [7, 11) is 0. The maximum absolute atomic E-state index is 12.6. The zero-order valence-corrected chi connectivity index (χ0v) is 18.4. The van der Waals surface area contributed by atoms with Crippen molar-refractivity contribution in [2.24, 2.45) is 5.73 Å². The Hall–Kier alpha value is -1.97. The van der Waals surface area contributed by atoms with E-state index >= 15 is 0 Å². The molecule has 1 heterocycles.